The normalized spacial score (nSPS) is 19.9. The number of carbonyl (C=O) groups is 1. The SMILES string of the molecule is CN(C)S(=O)(=O)N1CCC[C@@H](C(=O)NCCCn2ccnc2)C1. The highest BCUT2D eigenvalue weighted by atomic mass is 32.2. The summed E-state index contributed by atoms with van der Waals surface area (Å²) in [5.74, 6) is -0.332. The molecule has 1 aromatic rings. The van der Waals surface area contributed by atoms with Crippen molar-refractivity contribution < 1.29 is 13.2 Å². The van der Waals surface area contributed by atoms with Crippen LogP contribution in [-0.2, 0) is 21.5 Å². The predicted octanol–water partition coefficient (Wildman–Crippen LogP) is -0.0922. The zero-order valence-electron chi connectivity index (χ0n) is 13.7. The topological polar surface area (TPSA) is 87.5 Å². The maximum absolute atomic E-state index is 12.2. The van der Waals surface area contributed by atoms with Gasteiger partial charge in [0.2, 0.25) is 5.91 Å². The highest BCUT2D eigenvalue weighted by Crippen LogP contribution is 2.20. The number of imidazole rings is 1. The van der Waals surface area contributed by atoms with Gasteiger partial charge in [0.15, 0.2) is 0 Å². The second kappa shape index (κ2) is 7.89. The van der Waals surface area contributed by atoms with Crippen LogP contribution in [0.5, 0.6) is 0 Å². The Morgan fingerprint density at radius 2 is 2.22 bits per heavy atom. The largest absolute Gasteiger partial charge is 0.356 e. The molecule has 2 rings (SSSR count). The van der Waals surface area contributed by atoms with E-state index < -0.39 is 10.2 Å². The Balaban J connectivity index is 1.78. The van der Waals surface area contributed by atoms with Crippen molar-refractivity contribution in [2.45, 2.75) is 25.8 Å². The first-order chi connectivity index (χ1) is 10.9. The van der Waals surface area contributed by atoms with Gasteiger partial charge in [0, 0.05) is 52.7 Å². The molecule has 1 fully saturated rings. The maximum Gasteiger partial charge on any atom is 0.281 e. The van der Waals surface area contributed by atoms with Crippen LogP contribution >= 0.6 is 0 Å². The summed E-state index contributed by atoms with van der Waals surface area (Å²) in [4.78, 5) is 16.2. The summed E-state index contributed by atoms with van der Waals surface area (Å²) < 4.78 is 28.9. The summed E-state index contributed by atoms with van der Waals surface area (Å²) >= 11 is 0. The average molecular weight is 343 g/mol. The van der Waals surface area contributed by atoms with Crippen molar-refractivity contribution in [3.8, 4) is 0 Å². The molecule has 0 spiro atoms. The molecule has 1 aliphatic rings. The van der Waals surface area contributed by atoms with Gasteiger partial charge in [-0.3, -0.25) is 4.79 Å². The number of aromatic nitrogens is 2. The molecule has 0 bridgehead atoms. The lowest BCUT2D eigenvalue weighted by Gasteiger charge is -2.32. The van der Waals surface area contributed by atoms with E-state index in [1.54, 1.807) is 12.5 Å². The van der Waals surface area contributed by atoms with Crippen molar-refractivity contribution in [2.75, 3.05) is 33.7 Å². The quantitative estimate of drug-likeness (QED) is 0.701. The van der Waals surface area contributed by atoms with Gasteiger partial charge in [-0.2, -0.15) is 17.0 Å². The number of hydrogen-bond donors (Lipinski definition) is 1. The Morgan fingerprint density at radius 3 is 2.87 bits per heavy atom. The van der Waals surface area contributed by atoms with Gasteiger partial charge in [-0.1, -0.05) is 0 Å². The number of amides is 1. The van der Waals surface area contributed by atoms with E-state index in [-0.39, 0.29) is 18.4 Å². The van der Waals surface area contributed by atoms with Gasteiger partial charge >= 0.3 is 0 Å². The third-order valence-electron chi connectivity index (χ3n) is 3.99. The van der Waals surface area contributed by atoms with Gasteiger partial charge < -0.3 is 9.88 Å². The Labute approximate surface area is 137 Å². The zero-order valence-corrected chi connectivity index (χ0v) is 14.5. The van der Waals surface area contributed by atoms with Gasteiger partial charge in [0.25, 0.3) is 10.2 Å². The molecule has 23 heavy (non-hydrogen) atoms. The molecule has 1 amide bonds. The molecule has 0 unspecified atom stereocenters. The molecule has 1 aromatic heterocycles. The lowest BCUT2D eigenvalue weighted by atomic mass is 9.99. The summed E-state index contributed by atoms with van der Waals surface area (Å²) in [6, 6.07) is 0. The van der Waals surface area contributed by atoms with Gasteiger partial charge in [0.05, 0.1) is 12.2 Å². The minimum atomic E-state index is -3.44. The maximum atomic E-state index is 12.2. The molecule has 1 aliphatic heterocycles. The van der Waals surface area contributed by atoms with Gasteiger partial charge in [-0.25, -0.2) is 4.98 Å². The van der Waals surface area contributed by atoms with Gasteiger partial charge in [-0.15, -0.1) is 0 Å². The summed E-state index contributed by atoms with van der Waals surface area (Å²) in [5, 5.41) is 2.91. The fourth-order valence-corrected chi connectivity index (χ4v) is 3.82. The van der Waals surface area contributed by atoms with Crippen LogP contribution < -0.4 is 5.32 Å². The van der Waals surface area contributed by atoms with Crippen LogP contribution in [0.3, 0.4) is 0 Å². The molecule has 9 heteroatoms. The van der Waals surface area contributed by atoms with Crippen LogP contribution in [0.2, 0.25) is 0 Å². The van der Waals surface area contributed by atoms with Crippen LogP contribution in [0.25, 0.3) is 0 Å². The predicted molar refractivity (Wildman–Crippen MR) is 86.8 cm³/mol. The summed E-state index contributed by atoms with van der Waals surface area (Å²) in [5.41, 5.74) is 0. The highest BCUT2D eigenvalue weighted by molar-refractivity contribution is 7.86. The van der Waals surface area contributed by atoms with E-state index in [0.29, 0.717) is 19.5 Å². The second-order valence-electron chi connectivity index (χ2n) is 5.93. The van der Waals surface area contributed by atoms with Crippen molar-refractivity contribution in [2.24, 2.45) is 5.92 Å². The van der Waals surface area contributed by atoms with E-state index >= 15 is 0 Å². The first kappa shape index (κ1) is 17.9. The van der Waals surface area contributed by atoms with Crippen molar-refractivity contribution >= 4 is 16.1 Å². The molecule has 1 N–H and O–H groups in total. The molecule has 0 aliphatic carbocycles. The molecule has 8 nitrogen and oxygen atoms in total. The van der Waals surface area contributed by atoms with Crippen LogP contribution in [0.4, 0.5) is 0 Å². The first-order valence-electron chi connectivity index (χ1n) is 7.82. The summed E-state index contributed by atoms with van der Waals surface area (Å²) in [7, 11) is -0.427. The number of aryl methyl sites for hydroxylation is 1. The molecule has 130 valence electrons. The first-order valence-corrected chi connectivity index (χ1v) is 9.22. The lowest BCUT2D eigenvalue weighted by molar-refractivity contribution is -0.126. The van der Waals surface area contributed by atoms with E-state index in [9.17, 15) is 13.2 Å². The van der Waals surface area contributed by atoms with Crippen LogP contribution in [0, 0.1) is 5.92 Å². The Bertz CT molecular complexity index is 600. The van der Waals surface area contributed by atoms with E-state index in [4.69, 9.17) is 0 Å². The van der Waals surface area contributed by atoms with Crippen LogP contribution in [0.1, 0.15) is 19.3 Å². The van der Waals surface area contributed by atoms with E-state index in [1.807, 2.05) is 10.8 Å². The van der Waals surface area contributed by atoms with Crippen molar-refractivity contribution in [1.82, 2.24) is 23.5 Å². The molecular weight excluding hydrogens is 318 g/mol. The van der Waals surface area contributed by atoms with Gasteiger partial charge in [0.1, 0.15) is 0 Å². The fraction of sp³-hybridized carbons (Fsp3) is 0.714. The number of nitrogens with zero attached hydrogens (tertiary/aromatic N) is 4. The van der Waals surface area contributed by atoms with E-state index in [0.717, 1.165) is 19.4 Å². The van der Waals surface area contributed by atoms with Crippen LogP contribution in [0.15, 0.2) is 18.7 Å². The molecular formula is C14H25N5O3S. The fourth-order valence-electron chi connectivity index (χ4n) is 2.63. The minimum absolute atomic E-state index is 0.0608. The van der Waals surface area contributed by atoms with E-state index in [1.165, 1.54) is 22.7 Å². The molecule has 0 aromatic carbocycles. The zero-order chi connectivity index (χ0) is 16.9. The summed E-state index contributed by atoms with van der Waals surface area (Å²) in [6.45, 7) is 2.11. The van der Waals surface area contributed by atoms with Crippen molar-refractivity contribution in [1.29, 1.82) is 0 Å². The number of hydrogen-bond acceptors (Lipinski definition) is 4. The number of nitrogens with one attached hydrogen (secondary N) is 1. The third-order valence-corrected chi connectivity index (χ3v) is 5.90. The molecule has 2 heterocycles. The van der Waals surface area contributed by atoms with Crippen molar-refractivity contribution in [3.05, 3.63) is 18.7 Å². The smallest absolute Gasteiger partial charge is 0.281 e. The number of piperidine rings is 1. The number of carbonyl (C=O) groups excluding carboxylic acids is 1. The average Bonchev–Trinajstić information content (AvgIpc) is 3.04. The molecule has 0 radical (unpaired) electrons. The monoisotopic (exact) mass is 343 g/mol. The standard InChI is InChI=1S/C14H25N5O3S/c1-17(2)23(21,22)19-9-3-5-13(11-19)14(20)16-6-4-8-18-10-7-15-12-18/h7,10,12-13H,3-6,8-9,11H2,1-2H3,(H,16,20)/t13-/m1/s1. The van der Waals surface area contributed by atoms with Crippen LogP contribution in [-0.4, -0.2) is 66.2 Å². The lowest BCUT2D eigenvalue weighted by Crippen LogP contribution is -2.48. The minimum Gasteiger partial charge on any atom is -0.356 e. The third kappa shape index (κ3) is 4.76. The van der Waals surface area contributed by atoms with Crippen molar-refractivity contribution in [3.63, 3.8) is 0 Å². The number of rotatable bonds is 7. The Hall–Kier alpha value is -1.45. The summed E-state index contributed by atoms with van der Waals surface area (Å²) in [6.07, 6.45) is 7.60. The Morgan fingerprint density at radius 1 is 1.43 bits per heavy atom. The Kier molecular flexibility index (Phi) is 6.14. The molecule has 1 atom stereocenters. The van der Waals surface area contributed by atoms with E-state index in [2.05, 4.69) is 10.3 Å². The highest BCUT2D eigenvalue weighted by Gasteiger charge is 2.33. The molecule has 0 saturated carbocycles. The molecule has 1 saturated heterocycles. The second-order valence-corrected chi connectivity index (χ2v) is 8.07. The van der Waals surface area contributed by atoms with Gasteiger partial charge in [-0.05, 0) is 19.3 Å².